The molecule has 0 bridgehead atoms. The van der Waals surface area contributed by atoms with Crippen LogP contribution in [0.4, 0.5) is 4.39 Å². The van der Waals surface area contributed by atoms with Crippen molar-refractivity contribution in [3.63, 3.8) is 0 Å². The minimum Gasteiger partial charge on any atom is -0.454 e. The number of nitrogen functional groups attached to an aromatic ring is 1. The largest absolute Gasteiger partial charge is 0.454 e. The van der Waals surface area contributed by atoms with E-state index in [0.717, 1.165) is 4.47 Å². The molecule has 0 aliphatic carbocycles. The Bertz CT molecular complexity index is 601. The van der Waals surface area contributed by atoms with Crippen LogP contribution in [0.3, 0.4) is 0 Å². The maximum atomic E-state index is 13.7. The van der Waals surface area contributed by atoms with Gasteiger partial charge < -0.3 is 10.5 Å². The summed E-state index contributed by atoms with van der Waals surface area (Å²) in [7, 11) is 0. The summed E-state index contributed by atoms with van der Waals surface area (Å²) in [5, 5.41) is 7.22. The fourth-order valence-corrected chi connectivity index (χ4v) is 1.79. The number of rotatable bonds is 3. The van der Waals surface area contributed by atoms with Crippen molar-refractivity contribution >= 4 is 21.8 Å². The van der Waals surface area contributed by atoms with E-state index in [1.54, 1.807) is 24.3 Å². The maximum absolute atomic E-state index is 13.7. The molecule has 3 N–H and O–H groups in total. The van der Waals surface area contributed by atoms with E-state index in [4.69, 9.17) is 15.9 Å². The summed E-state index contributed by atoms with van der Waals surface area (Å²) in [5.74, 6) is -0.109. The molecule has 0 atom stereocenters. The van der Waals surface area contributed by atoms with E-state index in [1.807, 2.05) is 6.07 Å². The second-order valence-corrected chi connectivity index (χ2v) is 4.53. The molecule has 0 fully saturated rings. The third kappa shape index (κ3) is 2.87. The molecule has 0 amide bonds. The molecule has 0 saturated carbocycles. The zero-order chi connectivity index (χ0) is 13.1. The van der Waals surface area contributed by atoms with Crippen LogP contribution in [0, 0.1) is 11.2 Å². The van der Waals surface area contributed by atoms with Gasteiger partial charge in [0.25, 0.3) is 0 Å². The number of nitrogens with one attached hydrogen (secondary N) is 1. The van der Waals surface area contributed by atoms with Crippen molar-refractivity contribution in [2.75, 3.05) is 0 Å². The van der Waals surface area contributed by atoms with E-state index in [0.29, 0.717) is 11.3 Å². The molecule has 92 valence electrons. The first-order valence-corrected chi connectivity index (χ1v) is 5.93. The van der Waals surface area contributed by atoms with Gasteiger partial charge in [-0.25, -0.2) is 4.39 Å². The van der Waals surface area contributed by atoms with Crippen molar-refractivity contribution < 1.29 is 9.13 Å². The second kappa shape index (κ2) is 5.18. The summed E-state index contributed by atoms with van der Waals surface area (Å²) in [6, 6.07) is 11.3. The predicted molar refractivity (Wildman–Crippen MR) is 71.6 cm³/mol. The lowest BCUT2D eigenvalue weighted by molar-refractivity contribution is 0.442. The Morgan fingerprint density at radius 1 is 1.22 bits per heavy atom. The van der Waals surface area contributed by atoms with E-state index in [1.165, 1.54) is 12.1 Å². The Hall–Kier alpha value is -1.88. The van der Waals surface area contributed by atoms with Crippen molar-refractivity contribution in [1.82, 2.24) is 0 Å². The minimum absolute atomic E-state index is 0.0955. The van der Waals surface area contributed by atoms with Crippen LogP contribution in [0.1, 0.15) is 5.56 Å². The number of hydrogen-bond donors (Lipinski definition) is 2. The zero-order valence-electron chi connectivity index (χ0n) is 9.28. The van der Waals surface area contributed by atoms with Crippen molar-refractivity contribution in [2.24, 2.45) is 5.73 Å². The lowest BCUT2D eigenvalue weighted by atomic mass is 10.2. The molecule has 3 nitrogen and oxygen atoms in total. The van der Waals surface area contributed by atoms with Crippen LogP contribution >= 0.6 is 15.9 Å². The molecule has 0 aliphatic heterocycles. The number of hydrogen-bond acceptors (Lipinski definition) is 2. The standard InChI is InChI=1S/C13H10BrFN2O/c14-9-2-1-3-10(7-9)18-12-5-4-8(13(16)17)6-11(12)15/h1-7H,(H3,16,17). The van der Waals surface area contributed by atoms with E-state index in [9.17, 15) is 4.39 Å². The first-order valence-electron chi connectivity index (χ1n) is 5.13. The van der Waals surface area contributed by atoms with Crippen molar-refractivity contribution in [3.05, 3.63) is 58.3 Å². The molecule has 0 heterocycles. The van der Waals surface area contributed by atoms with E-state index in [2.05, 4.69) is 15.9 Å². The van der Waals surface area contributed by atoms with Crippen molar-refractivity contribution in [3.8, 4) is 11.5 Å². The monoisotopic (exact) mass is 308 g/mol. The van der Waals surface area contributed by atoms with Gasteiger partial charge in [-0.1, -0.05) is 22.0 Å². The third-order valence-electron chi connectivity index (χ3n) is 2.27. The number of amidine groups is 1. The minimum atomic E-state index is -0.553. The summed E-state index contributed by atoms with van der Waals surface area (Å²) in [4.78, 5) is 0. The first-order chi connectivity index (χ1) is 8.56. The van der Waals surface area contributed by atoms with Crippen LogP contribution in [-0.4, -0.2) is 5.84 Å². The molecule has 0 unspecified atom stereocenters. The van der Waals surface area contributed by atoms with Gasteiger partial charge in [-0.15, -0.1) is 0 Å². The second-order valence-electron chi connectivity index (χ2n) is 3.62. The van der Waals surface area contributed by atoms with Crippen molar-refractivity contribution in [1.29, 1.82) is 5.41 Å². The van der Waals surface area contributed by atoms with Crippen LogP contribution in [0.5, 0.6) is 11.5 Å². The smallest absolute Gasteiger partial charge is 0.166 e. The quantitative estimate of drug-likeness (QED) is 0.671. The SMILES string of the molecule is N=C(N)c1ccc(Oc2cccc(Br)c2)c(F)c1. The van der Waals surface area contributed by atoms with Gasteiger partial charge in [-0.3, -0.25) is 5.41 Å². The van der Waals surface area contributed by atoms with Gasteiger partial charge in [0.05, 0.1) is 0 Å². The Labute approximate surface area is 112 Å². The highest BCUT2D eigenvalue weighted by atomic mass is 79.9. The number of halogens is 2. The number of nitrogens with two attached hydrogens (primary N) is 1. The summed E-state index contributed by atoms with van der Waals surface area (Å²) in [5.41, 5.74) is 5.60. The fraction of sp³-hybridized carbons (Fsp3) is 0. The van der Waals surface area contributed by atoms with Gasteiger partial charge in [0.2, 0.25) is 0 Å². The highest BCUT2D eigenvalue weighted by Gasteiger charge is 2.07. The molecule has 2 aromatic carbocycles. The third-order valence-corrected chi connectivity index (χ3v) is 2.76. The van der Waals surface area contributed by atoms with Gasteiger partial charge in [0.15, 0.2) is 11.6 Å². The Balaban J connectivity index is 2.27. The van der Waals surface area contributed by atoms with E-state index < -0.39 is 5.82 Å². The van der Waals surface area contributed by atoms with E-state index in [-0.39, 0.29) is 11.6 Å². The molecular formula is C13H10BrFN2O. The van der Waals surface area contributed by atoms with Crippen LogP contribution in [0.15, 0.2) is 46.9 Å². The highest BCUT2D eigenvalue weighted by Crippen LogP contribution is 2.27. The molecule has 0 spiro atoms. The van der Waals surface area contributed by atoms with Gasteiger partial charge in [0, 0.05) is 10.0 Å². The summed E-state index contributed by atoms with van der Waals surface area (Å²) in [6.45, 7) is 0. The van der Waals surface area contributed by atoms with Gasteiger partial charge >= 0.3 is 0 Å². The van der Waals surface area contributed by atoms with Crippen molar-refractivity contribution in [2.45, 2.75) is 0 Å². The molecule has 0 radical (unpaired) electrons. The normalized spacial score (nSPS) is 10.1. The van der Waals surface area contributed by atoms with E-state index >= 15 is 0 Å². The highest BCUT2D eigenvalue weighted by molar-refractivity contribution is 9.10. The number of benzene rings is 2. The molecule has 0 saturated heterocycles. The van der Waals surface area contributed by atoms with Gasteiger partial charge in [-0.2, -0.15) is 0 Å². The molecule has 2 rings (SSSR count). The Morgan fingerprint density at radius 3 is 2.61 bits per heavy atom. The molecular weight excluding hydrogens is 299 g/mol. The summed E-state index contributed by atoms with van der Waals surface area (Å²) < 4.78 is 20.0. The Morgan fingerprint density at radius 2 is 2.00 bits per heavy atom. The summed E-state index contributed by atoms with van der Waals surface area (Å²) >= 11 is 3.31. The van der Waals surface area contributed by atoms with Crippen LogP contribution in [0.25, 0.3) is 0 Å². The lowest BCUT2D eigenvalue weighted by Crippen LogP contribution is -2.11. The average Bonchev–Trinajstić information content (AvgIpc) is 2.31. The average molecular weight is 309 g/mol. The molecule has 2 aromatic rings. The number of ether oxygens (including phenoxy) is 1. The van der Waals surface area contributed by atoms with Crippen LogP contribution in [0.2, 0.25) is 0 Å². The molecule has 5 heteroatoms. The Kier molecular flexibility index (Phi) is 3.62. The van der Waals surface area contributed by atoms with Crippen LogP contribution < -0.4 is 10.5 Å². The predicted octanol–water partition coefficient (Wildman–Crippen LogP) is 3.66. The van der Waals surface area contributed by atoms with Gasteiger partial charge in [0.1, 0.15) is 11.6 Å². The first kappa shape index (κ1) is 12.6. The van der Waals surface area contributed by atoms with Crippen LogP contribution in [-0.2, 0) is 0 Å². The topological polar surface area (TPSA) is 59.1 Å². The molecule has 0 aliphatic rings. The fourth-order valence-electron chi connectivity index (χ4n) is 1.41. The van der Waals surface area contributed by atoms with Gasteiger partial charge in [-0.05, 0) is 36.4 Å². The maximum Gasteiger partial charge on any atom is 0.166 e. The lowest BCUT2D eigenvalue weighted by Gasteiger charge is -2.08. The zero-order valence-corrected chi connectivity index (χ0v) is 10.9. The summed E-state index contributed by atoms with van der Waals surface area (Å²) in [6.07, 6.45) is 0. The molecule has 18 heavy (non-hydrogen) atoms. The molecule has 0 aromatic heterocycles.